The van der Waals surface area contributed by atoms with Gasteiger partial charge in [0.05, 0.1) is 28.4 Å². The van der Waals surface area contributed by atoms with Crippen molar-refractivity contribution in [3.63, 3.8) is 0 Å². The number of halogens is 2. The minimum atomic E-state index is -2.28. The topological polar surface area (TPSA) is 145 Å². The second kappa shape index (κ2) is 11.4. The van der Waals surface area contributed by atoms with Gasteiger partial charge < -0.3 is 23.7 Å². The molecule has 0 saturated carbocycles. The highest BCUT2D eigenvalue weighted by Crippen LogP contribution is 2.58. The molecule has 14 heteroatoms. The molecule has 2 aromatic rings. The van der Waals surface area contributed by atoms with E-state index in [1.54, 1.807) is 48.5 Å². The zero-order valence-corrected chi connectivity index (χ0v) is 24.6. The molecule has 2 fully saturated rings. The van der Waals surface area contributed by atoms with E-state index in [0.29, 0.717) is 8.95 Å². The number of methoxy groups -OCH3 is 4. The zero-order chi connectivity index (χ0) is 29.3. The van der Waals surface area contributed by atoms with Crippen molar-refractivity contribution in [3.8, 4) is 0 Å². The number of ether oxygens (including phenoxy) is 6. The first-order valence-corrected chi connectivity index (χ1v) is 13.0. The first kappa shape index (κ1) is 29.8. The molecule has 3 atom stereocenters. The van der Waals surface area contributed by atoms with E-state index in [1.165, 1.54) is 0 Å². The van der Waals surface area contributed by atoms with Gasteiger partial charge in [-0.05, 0) is 24.3 Å². The summed E-state index contributed by atoms with van der Waals surface area (Å²) >= 11 is 6.70. The van der Waals surface area contributed by atoms with Crippen LogP contribution in [-0.4, -0.2) is 64.0 Å². The molecule has 40 heavy (non-hydrogen) atoms. The summed E-state index contributed by atoms with van der Waals surface area (Å²) < 4.78 is 32.7. The highest BCUT2D eigenvalue weighted by Gasteiger charge is 2.82. The van der Waals surface area contributed by atoms with Crippen LogP contribution in [0.4, 0.5) is 0 Å². The van der Waals surface area contributed by atoms with E-state index in [4.69, 9.17) is 38.2 Å². The molecule has 212 valence electrons. The van der Waals surface area contributed by atoms with Gasteiger partial charge in [0.2, 0.25) is 0 Å². The van der Waals surface area contributed by atoms with Crippen LogP contribution in [-0.2, 0) is 68.9 Å². The Morgan fingerprint density at radius 3 is 1.65 bits per heavy atom. The van der Waals surface area contributed by atoms with Crippen LogP contribution >= 0.6 is 31.9 Å². The maximum Gasteiger partial charge on any atom is 0.353 e. The third kappa shape index (κ3) is 4.95. The largest absolute Gasteiger partial charge is 0.466 e. The number of rotatable bonds is 8. The van der Waals surface area contributed by atoms with Gasteiger partial charge in [0, 0.05) is 26.1 Å². The smallest absolute Gasteiger partial charge is 0.353 e. The van der Waals surface area contributed by atoms with Crippen molar-refractivity contribution in [2.24, 2.45) is 0 Å². The average Bonchev–Trinajstić information content (AvgIpc) is 3.63. The number of esters is 4. The quantitative estimate of drug-likeness (QED) is 0.0766. The standard InChI is InChI=1S/C26H22Br2O12/c1-33-19(29)18(20(30)34-2)13-24(14-5-9-16(27)10-6-14)38-26(40-39-24,15-7-11-17(28)12-8-15)21-25(37-21,22(31)35-3)23(32)36-4/h5-13,21H,1-4H3/t21?,24-,26+/m0/s1. The van der Waals surface area contributed by atoms with E-state index < -0.39 is 52.7 Å². The Labute approximate surface area is 244 Å². The van der Waals surface area contributed by atoms with Crippen LogP contribution in [0.25, 0.3) is 0 Å². The van der Waals surface area contributed by atoms with Crippen LogP contribution in [0.3, 0.4) is 0 Å². The lowest BCUT2D eigenvalue weighted by molar-refractivity contribution is -0.353. The van der Waals surface area contributed by atoms with Gasteiger partial charge in [-0.3, -0.25) is 4.74 Å². The lowest BCUT2D eigenvalue weighted by atomic mass is 9.92. The predicted molar refractivity (Wildman–Crippen MR) is 139 cm³/mol. The normalized spacial score (nSPS) is 24.4. The summed E-state index contributed by atoms with van der Waals surface area (Å²) in [4.78, 5) is 62.5. The van der Waals surface area contributed by atoms with E-state index in [-0.39, 0.29) is 11.1 Å². The van der Waals surface area contributed by atoms with Crippen LogP contribution in [0, 0.1) is 0 Å². The summed E-state index contributed by atoms with van der Waals surface area (Å²) in [5.41, 5.74) is -2.40. The predicted octanol–water partition coefficient (Wildman–Crippen LogP) is 2.95. The van der Waals surface area contributed by atoms with Crippen LogP contribution in [0.1, 0.15) is 11.1 Å². The van der Waals surface area contributed by atoms with Crippen molar-refractivity contribution < 1.29 is 57.4 Å². The van der Waals surface area contributed by atoms with E-state index in [9.17, 15) is 19.2 Å². The maximum atomic E-state index is 12.8. The van der Waals surface area contributed by atoms with Crippen molar-refractivity contribution >= 4 is 55.7 Å². The molecule has 0 bridgehead atoms. The highest BCUT2D eigenvalue weighted by atomic mass is 79.9. The van der Waals surface area contributed by atoms with Crippen LogP contribution in [0.5, 0.6) is 0 Å². The van der Waals surface area contributed by atoms with Crippen molar-refractivity contribution in [3.05, 3.63) is 80.3 Å². The van der Waals surface area contributed by atoms with Crippen molar-refractivity contribution in [1.82, 2.24) is 0 Å². The summed E-state index contributed by atoms with van der Waals surface area (Å²) in [5, 5.41) is 0. The van der Waals surface area contributed by atoms with E-state index in [2.05, 4.69) is 31.9 Å². The Morgan fingerprint density at radius 1 is 0.725 bits per heavy atom. The number of hydrogen-bond acceptors (Lipinski definition) is 12. The minimum Gasteiger partial charge on any atom is -0.466 e. The molecule has 0 radical (unpaired) electrons. The van der Waals surface area contributed by atoms with Crippen LogP contribution < -0.4 is 0 Å². The fraction of sp³-hybridized carbons (Fsp3) is 0.308. The number of carbonyl (C=O) groups excluding carboxylic acids is 4. The molecule has 1 unspecified atom stereocenters. The van der Waals surface area contributed by atoms with Gasteiger partial charge in [0.25, 0.3) is 17.2 Å². The van der Waals surface area contributed by atoms with Crippen molar-refractivity contribution in [2.45, 2.75) is 23.3 Å². The Balaban J connectivity index is 1.96. The summed E-state index contributed by atoms with van der Waals surface area (Å²) in [6.07, 6.45) is -0.499. The Kier molecular flexibility index (Phi) is 8.49. The van der Waals surface area contributed by atoms with Crippen LogP contribution in [0.2, 0.25) is 0 Å². The summed E-state index contributed by atoms with van der Waals surface area (Å²) in [7, 11) is 4.28. The molecule has 12 nitrogen and oxygen atoms in total. The fourth-order valence-electron chi connectivity index (χ4n) is 4.15. The third-order valence-corrected chi connectivity index (χ3v) is 7.23. The monoisotopic (exact) mass is 684 g/mol. The van der Waals surface area contributed by atoms with Gasteiger partial charge in [-0.15, -0.1) is 0 Å². The lowest BCUT2D eigenvalue weighted by Gasteiger charge is -2.28. The SMILES string of the molecule is COC(=O)C(=C[C@@]1(c2ccc(Br)cc2)OO[C@](c2ccc(Br)cc2)(C2OC2(C(=O)OC)C(=O)OC)O1)C(=O)OC. The van der Waals surface area contributed by atoms with Gasteiger partial charge in [-0.2, -0.15) is 9.78 Å². The maximum absolute atomic E-state index is 12.8. The molecular formula is C26H22Br2O12. The van der Waals surface area contributed by atoms with Gasteiger partial charge in [-0.25, -0.2) is 19.2 Å². The number of carbonyl (C=O) groups is 4. The Hall–Kier alpha value is -3.14. The molecule has 2 aromatic carbocycles. The lowest BCUT2D eigenvalue weighted by Crippen LogP contribution is -2.47. The van der Waals surface area contributed by atoms with E-state index in [0.717, 1.165) is 34.5 Å². The van der Waals surface area contributed by atoms with Gasteiger partial charge in [-0.1, -0.05) is 56.1 Å². The zero-order valence-electron chi connectivity index (χ0n) is 21.4. The van der Waals surface area contributed by atoms with Crippen molar-refractivity contribution in [2.75, 3.05) is 28.4 Å². The molecule has 2 aliphatic heterocycles. The van der Waals surface area contributed by atoms with Gasteiger partial charge in [0.15, 0.2) is 6.10 Å². The third-order valence-electron chi connectivity index (χ3n) is 6.17. The second-order valence-corrected chi connectivity index (χ2v) is 10.2. The van der Waals surface area contributed by atoms with Gasteiger partial charge in [0.1, 0.15) is 5.57 Å². The van der Waals surface area contributed by atoms with E-state index >= 15 is 0 Å². The van der Waals surface area contributed by atoms with Gasteiger partial charge >= 0.3 is 23.9 Å². The first-order valence-electron chi connectivity index (χ1n) is 11.4. The molecule has 0 N–H and O–H groups in total. The Bertz CT molecular complexity index is 1320. The molecule has 0 spiro atoms. The van der Waals surface area contributed by atoms with E-state index in [1.807, 2.05) is 0 Å². The second-order valence-electron chi connectivity index (χ2n) is 8.38. The number of epoxide rings is 1. The number of benzene rings is 2. The summed E-state index contributed by atoms with van der Waals surface area (Å²) in [6, 6.07) is 12.9. The highest BCUT2D eigenvalue weighted by molar-refractivity contribution is 9.10. The molecule has 2 aliphatic rings. The summed E-state index contributed by atoms with van der Waals surface area (Å²) in [6.45, 7) is 0. The molecule has 2 saturated heterocycles. The Morgan fingerprint density at radius 2 is 1.20 bits per heavy atom. The fourth-order valence-corrected chi connectivity index (χ4v) is 4.68. The molecule has 0 amide bonds. The average molecular weight is 686 g/mol. The molecule has 0 aliphatic carbocycles. The minimum absolute atomic E-state index is 0.237. The molecular weight excluding hydrogens is 664 g/mol. The summed E-state index contributed by atoms with van der Waals surface area (Å²) in [5.74, 6) is -8.56. The molecule has 4 rings (SSSR count). The molecule has 2 heterocycles. The molecule has 0 aromatic heterocycles. The van der Waals surface area contributed by atoms with Crippen molar-refractivity contribution in [1.29, 1.82) is 0 Å². The van der Waals surface area contributed by atoms with Crippen LogP contribution in [0.15, 0.2) is 69.1 Å². The number of hydrogen-bond donors (Lipinski definition) is 0. The first-order chi connectivity index (χ1) is 19.0.